The van der Waals surface area contributed by atoms with Gasteiger partial charge in [0.05, 0.1) is 18.4 Å². The summed E-state index contributed by atoms with van der Waals surface area (Å²) in [4.78, 5) is 23.7. The van der Waals surface area contributed by atoms with Gasteiger partial charge in [0.1, 0.15) is 10.8 Å². The Kier molecular flexibility index (Phi) is 4.72. The van der Waals surface area contributed by atoms with Crippen LogP contribution in [0, 0.1) is 13.8 Å². The van der Waals surface area contributed by atoms with Crippen molar-refractivity contribution in [2.45, 2.75) is 13.8 Å². The molecular formula is C19H19N3O2S. The Morgan fingerprint density at radius 1 is 1.32 bits per heavy atom. The number of H-pyrrole nitrogens is 2. The molecule has 25 heavy (non-hydrogen) atoms. The van der Waals surface area contributed by atoms with Crippen molar-refractivity contribution in [1.29, 1.82) is 0 Å². The van der Waals surface area contributed by atoms with Gasteiger partial charge in [0, 0.05) is 34.1 Å². The maximum Gasteiger partial charge on any atom is 0.258 e. The first-order valence-corrected chi connectivity index (χ1v) is 8.58. The van der Waals surface area contributed by atoms with Crippen molar-refractivity contribution in [3.05, 3.63) is 69.4 Å². The molecule has 3 aromatic heterocycles. The van der Waals surface area contributed by atoms with Gasteiger partial charge in [-0.25, -0.2) is 4.98 Å². The van der Waals surface area contributed by atoms with Gasteiger partial charge in [-0.15, -0.1) is 11.3 Å². The molecule has 0 bridgehead atoms. The number of nitrogens with zero attached hydrogens (tertiary/aromatic N) is 1. The number of pyridine rings is 1. The van der Waals surface area contributed by atoms with Crippen LogP contribution in [-0.4, -0.2) is 22.1 Å². The zero-order valence-corrected chi connectivity index (χ0v) is 15.2. The zero-order chi connectivity index (χ0) is 18.0. The predicted molar refractivity (Wildman–Crippen MR) is 103 cm³/mol. The summed E-state index contributed by atoms with van der Waals surface area (Å²) in [5.74, 6) is 0.677. The number of hydrogen-bond donors (Lipinski definition) is 2. The lowest BCUT2D eigenvalue weighted by atomic mass is 10.1. The molecule has 5 nitrogen and oxygen atoms in total. The molecule has 0 unspecified atom stereocenters. The molecule has 3 aromatic rings. The summed E-state index contributed by atoms with van der Waals surface area (Å²) < 4.78 is 5.31. The summed E-state index contributed by atoms with van der Waals surface area (Å²) >= 11 is 1.51. The van der Waals surface area contributed by atoms with Gasteiger partial charge in [0.15, 0.2) is 0 Å². The van der Waals surface area contributed by atoms with Crippen molar-refractivity contribution in [3.8, 4) is 21.8 Å². The van der Waals surface area contributed by atoms with E-state index >= 15 is 0 Å². The van der Waals surface area contributed by atoms with Crippen molar-refractivity contribution in [3.63, 3.8) is 0 Å². The second-order valence-electron chi connectivity index (χ2n) is 5.53. The molecular weight excluding hydrogens is 334 g/mol. The van der Waals surface area contributed by atoms with Crippen LogP contribution >= 0.6 is 11.3 Å². The maximum atomic E-state index is 12.0. The van der Waals surface area contributed by atoms with Crippen LogP contribution < -0.4 is 5.56 Å². The summed E-state index contributed by atoms with van der Waals surface area (Å²) in [7, 11) is 1.61. The van der Waals surface area contributed by atoms with E-state index in [2.05, 4.69) is 16.5 Å². The molecule has 6 heteroatoms. The molecule has 0 aromatic carbocycles. The number of nitrogens with one attached hydrogen (secondary N) is 2. The second kappa shape index (κ2) is 6.94. The Labute approximate surface area is 149 Å². The van der Waals surface area contributed by atoms with Crippen LogP contribution in [0.3, 0.4) is 0 Å². The molecule has 0 aliphatic rings. The van der Waals surface area contributed by atoms with Crippen LogP contribution in [0.25, 0.3) is 27.9 Å². The van der Waals surface area contributed by atoms with E-state index in [1.165, 1.54) is 11.3 Å². The predicted octanol–water partition coefficient (Wildman–Crippen LogP) is 4.28. The molecule has 0 atom stereocenters. The number of allylic oxidation sites excluding steroid dienone is 1. The Morgan fingerprint density at radius 2 is 2.12 bits per heavy atom. The first-order chi connectivity index (χ1) is 12.0. The second-order valence-corrected chi connectivity index (χ2v) is 6.74. The number of hydrogen-bond acceptors (Lipinski definition) is 4. The number of aryl methyl sites for hydroxylation is 2. The minimum atomic E-state index is -0.138. The Bertz CT molecular complexity index is 1010. The van der Waals surface area contributed by atoms with E-state index in [0.717, 1.165) is 27.4 Å². The highest BCUT2D eigenvalue weighted by Gasteiger charge is 2.17. The minimum Gasteiger partial charge on any atom is -0.497 e. The van der Waals surface area contributed by atoms with Crippen LogP contribution in [0.4, 0.5) is 0 Å². The van der Waals surface area contributed by atoms with E-state index in [0.29, 0.717) is 16.3 Å². The third kappa shape index (κ3) is 3.21. The summed E-state index contributed by atoms with van der Waals surface area (Å²) in [6.45, 7) is 7.76. The topological polar surface area (TPSA) is 70.8 Å². The van der Waals surface area contributed by atoms with Crippen molar-refractivity contribution >= 4 is 17.4 Å². The quantitative estimate of drug-likeness (QED) is 0.531. The van der Waals surface area contributed by atoms with E-state index in [1.54, 1.807) is 31.5 Å². The average molecular weight is 353 g/mol. The lowest BCUT2D eigenvalue weighted by Gasteiger charge is -2.03. The van der Waals surface area contributed by atoms with Gasteiger partial charge in [-0.2, -0.15) is 0 Å². The van der Waals surface area contributed by atoms with E-state index in [1.807, 2.05) is 26.1 Å². The van der Waals surface area contributed by atoms with Gasteiger partial charge in [-0.1, -0.05) is 6.58 Å². The first kappa shape index (κ1) is 17.0. The van der Waals surface area contributed by atoms with Crippen LogP contribution in [0.2, 0.25) is 0 Å². The highest BCUT2D eigenvalue weighted by atomic mass is 32.1. The molecule has 3 rings (SSSR count). The molecule has 0 saturated heterocycles. The summed E-state index contributed by atoms with van der Waals surface area (Å²) in [5, 5.41) is 0.707. The Morgan fingerprint density at radius 3 is 2.80 bits per heavy atom. The minimum absolute atomic E-state index is 0.138. The molecule has 128 valence electrons. The molecule has 0 aliphatic heterocycles. The molecule has 0 aliphatic carbocycles. The van der Waals surface area contributed by atoms with Crippen LogP contribution in [0.5, 0.6) is 0 Å². The standard InChI is InChI=1S/C19H19N3O2S/c1-5-13(24-4)9-15-11(2)21-10-16(15)17-12(3)25-19(22-17)14-7-6-8-20-18(14)23/h5-10,21H,1H2,2-4H3,(H,20,23)/b13-9+. The third-order valence-electron chi connectivity index (χ3n) is 3.95. The van der Waals surface area contributed by atoms with Crippen LogP contribution in [0.1, 0.15) is 16.1 Å². The number of thiazole rings is 1. The summed E-state index contributed by atoms with van der Waals surface area (Å²) in [6, 6.07) is 3.58. The number of ether oxygens (including phenoxy) is 1. The van der Waals surface area contributed by atoms with E-state index < -0.39 is 0 Å². The van der Waals surface area contributed by atoms with Gasteiger partial charge >= 0.3 is 0 Å². The zero-order valence-electron chi connectivity index (χ0n) is 14.3. The van der Waals surface area contributed by atoms with Crippen LogP contribution in [-0.2, 0) is 4.74 Å². The van der Waals surface area contributed by atoms with Crippen LogP contribution in [0.15, 0.2) is 47.7 Å². The van der Waals surface area contributed by atoms with Crippen molar-refractivity contribution < 1.29 is 4.74 Å². The van der Waals surface area contributed by atoms with Gasteiger partial charge in [-0.3, -0.25) is 4.79 Å². The van der Waals surface area contributed by atoms with Crippen molar-refractivity contribution in [2.24, 2.45) is 0 Å². The van der Waals surface area contributed by atoms with Gasteiger partial charge in [0.2, 0.25) is 0 Å². The van der Waals surface area contributed by atoms with Gasteiger partial charge < -0.3 is 14.7 Å². The lowest BCUT2D eigenvalue weighted by Crippen LogP contribution is -2.06. The number of aromatic nitrogens is 3. The Balaban J connectivity index is 2.14. The molecule has 0 amide bonds. The SMILES string of the molecule is C=C/C(=C\c1c(-c2nc(-c3ccc[nH]c3=O)sc2C)c[nH]c1C)OC. The number of rotatable bonds is 5. The average Bonchev–Trinajstić information content (AvgIpc) is 3.16. The molecule has 2 N–H and O–H groups in total. The fourth-order valence-corrected chi connectivity index (χ4v) is 3.56. The fourth-order valence-electron chi connectivity index (χ4n) is 2.61. The molecule has 0 radical (unpaired) electrons. The smallest absolute Gasteiger partial charge is 0.258 e. The molecule has 3 heterocycles. The van der Waals surface area contributed by atoms with E-state index in [4.69, 9.17) is 9.72 Å². The highest BCUT2D eigenvalue weighted by molar-refractivity contribution is 7.15. The fraction of sp³-hybridized carbons (Fsp3) is 0.158. The maximum absolute atomic E-state index is 12.0. The first-order valence-electron chi connectivity index (χ1n) is 7.77. The monoisotopic (exact) mass is 353 g/mol. The summed E-state index contributed by atoms with van der Waals surface area (Å²) in [6.07, 6.45) is 7.15. The van der Waals surface area contributed by atoms with Gasteiger partial charge in [-0.05, 0) is 38.1 Å². The third-order valence-corrected chi connectivity index (χ3v) is 4.96. The largest absolute Gasteiger partial charge is 0.497 e. The van der Waals surface area contributed by atoms with Crippen molar-refractivity contribution in [2.75, 3.05) is 7.11 Å². The highest BCUT2D eigenvalue weighted by Crippen LogP contribution is 2.35. The van der Waals surface area contributed by atoms with Crippen molar-refractivity contribution in [1.82, 2.24) is 15.0 Å². The summed E-state index contributed by atoms with van der Waals surface area (Å²) in [5.41, 5.74) is 4.28. The molecule has 0 spiro atoms. The Hall–Kier alpha value is -2.86. The molecule has 0 saturated carbocycles. The molecule has 0 fully saturated rings. The number of methoxy groups -OCH3 is 1. The number of aromatic amines is 2. The normalized spacial score (nSPS) is 11.6. The van der Waals surface area contributed by atoms with E-state index in [9.17, 15) is 4.79 Å². The van der Waals surface area contributed by atoms with Gasteiger partial charge in [0.25, 0.3) is 5.56 Å². The lowest BCUT2D eigenvalue weighted by molar-refractivity contribution is 0.311. The van der Waals surface area contributed by atoms with E-state index in [-0.39, 0.29) is 5.56 Å².